The second-order valence-electron chi connectivity index (χ2n) is 9.54. The van der Waals surface area contributed by atoms with Gasteiger partial charge in [0.25, 0.3) is 5.60 Å². The Labute approximate surface area is 269 Å². The highest BCUT2D eigenvalue weighted by molar-refractivity contribution is 6.36. The van der Waals surface area contributed by atoms with Crippen LogP contribution in [0.4, 0.5) is 0 Å². The van der Waals surface area contributed by atoms with Crippen molar-refractivity contribution in [1.29, 1.82) is 0 Å². The van der Waals surface area contributed by atoms with Gasteiger partial charge in [-0.2, -0.15) is 0 Å². The van der Waals surface area contributed by atoms with Crippen LogP contribution in [0.2, 0.25) is 20.1 Å². The summed E-state index contributed by atoms with van der Waals surface area (Å²) in [4.78, 5) is 13.4. The lowest BCUT2D eigenvalue weighted by atomic mass is 9.84. The van der Waals surface area contributed by atoms with Gasteiger partial charge in [0, 0.05) is 42.3 Å². The fourth-order valence-electron chi connectivity index (χ4n) is 4.75. The smallest absolute Gasteiger partial charge is 0.357 e. The summed E-state index contributed by atoms with van der Waals surface area (Å²) in [5, 5.41) is 13.0. The Kier molecular flexibility index (Phi) is 9.34. The first-order chi connectivity index (χ1) is 20.7. The maximum absolute atomic E-state index is 13.4. The van der Waals surface area contributed by atoms with E-state index in [4.69, 9.17) is 55.9 Å². The lowest BCUT2D eigenvalue weighted by Crippen LogP contribution is -2.43. The molecule has 5 rings (SSSR count). The number of benzene rings is 5. The molecular formula is C35H24Cl4O4. The number of halogens is 4. The van der Waals surface area contributed by atoms with Crippen LogP contribution in [0.15, 0.2) is 122 Å². The molecule has 0 saturated carbocycles. The van der Waals surface area contributed by atoms with Gasteiger partial charge in [-0.3, -0.25) is 0 Å². The molecular weight excluding hydrogens is 626 g/mol. The first kappa shape index (κ1) is 30.5. The van der Waals surface area contributed by atoms with E-state index in [9.17, 15) is 9.90 Å². The van der Waals surface area contributed by atoms with E-state index in [1.165, 1.54) is 0 Å². The molecule has 0 heterocycles. The van der Waals surface area contributed by atoms with Crippen molar-refractivity contribution < 1.29 is 19.4 Å². The fraction of sp³-hybridized carbons (Fsp3) is 0.0571. The van der Waals surface area contributed by atoms with Gasteiger partial charge in [-0.25, -0.2) is 4.79 Å². The molecule has 0 spiro atoms. The van der Waals surface area contributed by atoms with Crippen LogP contribution in [0.3, 0.4) is 0 Å². The number of carboxylic acids is 1. The average molecular weight is 650 g/mol. The van der Waals surface area contributed by atoms with Crippen molar-refractivity contribution >= 4 is 52.4 Å². The first-order valence-corrected chi connectivity index (χ1v) is 14.6. The molecule has 0 radical (unpaired) electrons. The predicted molar refractivity (Wildman–Crippen MR) is 175 cm³/mol. The van der Waals surface area contributed by atoms with E-state index in [2.05, 4.69) is 6.58 Å². The van der Waals surface area contributed by atoms with Crippen molar-refractivity contribution in [2.75, 3.05) is 6.61 Å². The standard InChI is InChI=1S/C35H24Cl4O4/c1-2-19-42-32-5-3-4-6-33(32)43-35(34(40)41,24-11-7-22(8-12-24)28-20-26(36)15-17-30(28)38)25-13-9-23(10-14-25)29-21-27(37)16-18-31(29)39/h2-18,20-21H,1,19H2,(H,40,41). The van der Waals surface area contributed by atoms with Gasteiger partial charge in [0.1, 0.15) is 6.61 Å². The van der Waals surface area contributed by atoms with Crippen molar-refractivity contribution in [1.82, 2.24) is 0 Å². The minimum Gasteiger partial charge on any atom is -0.486 e. The highest BCUT2D eigenvalue weighted by Gasteiger charge is 2.46. The molecule has 0 fully saturated rings. The number of carbonyl (C=O) groups is 1. The predicted octanol–water partition coefficient (Wildman–Crippen LogP) is 10.6. The Balaban J connectivity index is 1.66. The summed E-state index contributed by atoms with van der Waals surface area (Å²) in [5.41, 5.74) is 1.72. The van der Waals surface area contributed by atoms with E-state index in [1.54, 1.807) is 115 Å². The van der Waals surface area contributed by atoms with Crippen LogP contribution in [-0.2, 0) is 10.4 Å². The molecule has 0 amide bonds. The molecule has 0 bridgehead atoms. The molecule has 43 heavy (non-hydrogen) atoms. The summed E-state index contributed by atoms with van der Waals surface area (Å²) in [7, 11) is 0. The molecule has 0 aliphatic heterocycles. The van der Waals surface area contributed by atoms with E-state index in [0.29, 0.717) is 48.1 Å². The number of hydrogen-bond acceptors (Lipinski definition) is 3. The maximum Gasteiger partial charge on any atom is 0.357 e. The van der Waals surface area contributed by atoms with Crippen molar-refractivity contribution in [3.8, 4) is 33.8 Å². The van der Waals surface area contributed by atoms with E-state index in [0.717, 1.165) is 11.1 Å². The number of hydrogen-bond donors (Lipinski definition) is 1. The highest BCUT2D eigenvalue weighted by Crippen LogP contribution is 2.42. The summed E-state index contributed by atoms with van der Waals surface area (Å²) < 4.78 is 12.3. The summed E-state index contributed by atoms with van der Waals surface area (Å²) in [6.45, 7) is 3.91. The van der Waals surface area contributed by atoms with E-state index in [1.807, 2.05) is 0 Å². The monoisotopic (exact) mass is 648 g/mol. The third-order valence-electron chi connectivity index (χ3n) is 6.83. The van der Waals surface area contributed by atoms with Gasteiger partial charge in [-0.1, -0.05) is 120 Å². The summed E-state index contributed by atoms with van der Waals surface area (Å²) >= 11 is 25.3. The van der Waals surface area contributed by atoms with Gasteiger partial charge in [0.15, 0.2) is 11.5 Å². The van der Waals surface area contributed by atoms with Crippen LogP contribution in [0, 0.1) is 0 Å². The fourth-order valence-corrected chi connectivity index (χ4v) is 5.55. The maximum atomic E-state index is 13.4. The van der Waals surface area contributed by atoms with Gasteiger partial charge >= 0.3 is 5.97 Å². The zero-order chi connectivity index (χ0) is 30.6. The van der Waals surface area contributed by atoms with Crippen molar-refractivity contribution in [3.63, 3.8) is 0 Å². The van der Waals surface area contributed by atoms with Crippen LogP contribution < -0.4 is 9.47 Å². The first-order valence-electron chi connectivity index (χ1n) is 13.1. The van der Waals surface area contributed by atoms with Crippen LogP contribution >= 0.6 is 46.4 Å². The molecule has 4 nitrogen and oxygen atoms in total. The summed E-state index contributed by atoms with van der Waals surface area (Å²) in [5.74, 6) is -0.610. The molecule has 0 atom stereocenters. The number of rotatable bonds is 10. The van der Waals surface area contributed by atoms with Crippen LogP contribution in [0.25, 0.3) is 22.3 Å². The Morgan fingerprint density at radius 1 is 0.698 bits per heavy atom. The van der Waals surface area contributed by atoms with Gasteiger partial charge in [-0.15, -0.1) is 0 Å². The van der Waals surface area contributed by atoms with E-state index in [-0.39, 0.29) is 12.4 Å². The third kappa shape index (κ3) is 6.39. The number of aliphatic carboxylic acids is 1. The normalized spacial score (nSPS) is 11.2. The zero-order valence-corrected chi connectivity index (χ0v) is 25.6. The molecule has 0 aromatic heterocycles. The Hall–Kier alpha value is -3.93. The minimum absolute atomic E-state index is 0.213. The lowest BCUT2D eigenvalue weighted by molar-refractivity contribution is -0.152. The molecule has 0 aliphatic carbocycles. The van der Waals surface area contributed by atoms with Gasteiger partial charge in [0.05, 0.1) is 0 Å². The quantitative estimate of drug-likeness (QED) is 0.153. The van der Waals surface area contributed by atoms with Gasteiger partial charge in [0.2, 0.25) is 0 Å². The van der Waals surface area contributed by atoms with Crippen molar-refractivity contribution in [2.24, 2.45) is 0 Å². The number of ether oxygens (including phenoxy) is 2. The minimum atomic E-state index is -1.97. The van der Waals surface area contributed by atoms with Crippen molar-refractivity contribution in [3.05, 3.63) is 153 Å². The average Bonchev–Trinajstić information content (AvgIpc) is 3.02. The second-order valence-corrected chi connectivity index (χ2v) is 11.2. The molecule has 0 aliphatic rings. The molecule has 0 unspecified atom stereocenters. The second kappa shape index (κ2) is 13.2. The molecule has 5 aromatic rings. The molecule has 0 saturated heterocycles. The van der Waals surface area contributed by atoms with E-state index >= 15 is 0 Å². The molecule has 216 valence electrons. The molecule has 8 heteroatoms. The van der Waals surface area contributed by atoms with Gasteiger partial charge in [-0.05, 0) is 59.7 Å². The summed E-state index contributed by atoms with van der Waals surface area (Å²) in [6, 6.07) is 31.2. The van der Waals surface area contributed by atoms with Crippen molar-refractivity contribution in [2.45, 2.75) is 5.60 Å². The lowest BCUT2D eigenvalue weighted by Gasteiger charge is -2.32. The molecule has 5 aromatic carbocycles. The van der Waals surface area contributed by atoms with Crippen LogP contribution in [-0.4, -0.2) is 17.7 Å². The highest BCUT2D eigenvalue weighted by atomic mass is 35.5. The third-order valence-corrected chi connectivity index (χ3v) is 7.96. The van der Waals surface area contributed by atoms with Crippen LogP contribution in [0.5, 0.6) is 11.5 Å². The van der Waals surface area contributed by atoms with Gasteiger partial charge < -0.3 is 14.6 Å². The van der Waals surface area contributed by atoms with E-state index < -0.39 is 11.6 Å². The SMILES string of the molecule is C=CCOc1ccccc1OC(C(=O)O)(c1ccc(-c2cc(Cl)ccc2Cl)cc1)c1ccc(-c2cc(Cl)ccc2Cl)cc1. The number of para-hydroxylation sites is 2. The van der Waals surface area contributed by atoms with Crippen LogP contribution in [0.1, 0.15) is 11.1 Å². The number of carboxylic acid groups (broad SMARTS) is 1. The Morgan fingerprint density at radius 2 is 1.16 bits per heavy atom. The molecule has 1 N–H and O–H groups in total. The topological polar surface area (TPSA) is 55.8 Å². The largest absolute Gasteiger partial charge is 0.486 e. The Bertz CT molecular complexity index is 1690. The zero-order valence-electron chi connectivity index (χ0n) is 22.6. The summed E-state index contributed by atoms with van der Waals surface area (Å²) in [6.07, 6.45) is 1.60. The Morgan fingerprint density at radius 3 is 1.60 bits per heavy atom.